The number of anilines is 1. The van der Waals surface area contributed by atoms with Gasteiger partial charge in [0.2, 0.25) is 0 Å². The molecule has 1 atom stereocenters. The van der Waals surface area contributed by atoms with Gasteiger partial charge in [0.15, 0.2) is 0 Å². The average molecular weight is 341 g/mol. The number of nitrogens with zero attached hydrogens (tertiary/aromatic N) is 1. The van der Waals surface area contributed by atoms with Gasteiger partial charge in [-0.2, -0.15) is 0 Å². The molecule has 0 aliphatic rings. The summed E-state index contributed by atoms with van der Waals surface area (Å²) in [5.74, 6) is 0. The molecular formula is C17H28NO4P. The zero-order chi connectivity index (χ0) is 17.6. The van der Waals surface area contributed by atoms with Gasteiger partial charge in [0.05, 0.1) is 17.9 Å². The van der Waals surface area contributed by atoms with Gasteiger partial charge in [-0.1, -0.05) is 12.1 Å². The molecule has 0 bridgehead atoms. The third-order valence-electron chi connectivity index (χ3n) is 3.21. The molecule has 5 nitrogen and oxygen atoms in total. The zero-order valence-electron chi connectivity index (χ0n) is 14.9. The maximum atomic E-state index is 13.3. The van der Waals surface area contributed by atoms with Crippen LogP contribution in [-0.2, 0) is 18.4 Å². The highest BCUT2D eigenvalue weighted by Crippen LogP contribution is 2.63. The topological polar surface area (TPSA) is 55.8 Å². The van der Waals surface area contributed by atoms with Gasteiger partial charge in [-0.05, 0) is 45.4 Å². The van der Waals surface area contributed by atoms with Gasteiger partial charge in [0.1, 0.15) is 6.29 Å². The molecule has 1 aromatic rings. The summed E-state index contributed by atoms with van der Waals surface area (Å²) in [6.07, 6.45) is 0.354. The lowest BCUT2D eigenvalue weighted by Gasteiger charge is -2.29. The Bertz CT molecular complexity index is 526. The summed E-state index contributed by atoms with van der Waals surface area (Å²) < 4.78 is 24.6. The predicted octanol–water partition coefficient (Wildman–Crippen LogP) is 4.43. The lowest BCUT2D eigenvalue weighted by molar-refractivity contribution is -0.108. The Morgan fingerprint density at radius 2 is 1.52 bits per heavy atom. The number of carbonyl (C=O) groups excluding carboxylic acids is 1. The molecule has 0 spiro atoms. The normalized spacial score (nSPS) is 13.4. The predicted molar refractivity (Wildman–Crippen MR) is 94.2 cm³/mol. The second-order valence-corrected chi connectivity index (χ2v) is 8.38. The summed E-state index contributed by atoms with van der Waals surface area (Å²) in [5, 5.41) is 0. The molecule has 0 N–H and O–H groups in total. The number of rotatable bonds is 9. The fourth-order valence-corrected chi connectivity index (χ4v) is 4.69. The van der Waals surface area contributed by atoms with E-state index in [1.807, 2.05) is 71.0 Å². The van der Waals surface area contributed by atoms with Crippen molar-refractivity contribution in [1.29, 1.82) is 0 Å². The van der Waals surface area contributed by atoms with Crippen molar-refractivity contribution in [2.75, 3.05) is 19.0 Å². The van der Waals surface area contributed by atoms with Crippen LogP contribution >= 0.6 is 7.60 Å². The number of benzene rings is 1. The molecule has 0 aromatic heterocycles. The van der Waals surface area contributed by atoms with Gasteiger partial charge in [0.25, 0.3) is 0 Å². The Kier molecular flexibility index (Phi) is 7.46. The smallest absolute Gasteiger partial charge is 0.339 e. The Labute approximate surface area is 139 Å². The van der Waals surface area contributed by atoms with E-state index in [-0.39, 0.29) is 18.6 Å². The van der Waals surface area contributed by atoms with Gasteiger partial charge < -0.3 is 18.7 Å². The molecule has 0 heterocycles. The Hall–Kier alpha value is -1.16. The number of hydrogen-bond donors (Lipinski definition) is 0. The van der Waals surface area contributed by atoms with Crippen molar-refractivity contribution >= 4 is 19.6 Å². The largest absolute Gasteiger partial charge is 0.378 e. The molecule has 0 aliphatic heterocycles. The maximum absolute atomic E-state index is 13.3. The second kappa shape index (κ2) is 8.62. The van der Waals surface area contributed by atoms with Crippen molar-refractivity contribution in [1.82, 2.24) is 0 Å². The fraction of sp³-hybridized carbons (Fsp3) is 0.588. The highest BCUT2D eigenvalue weighted by Gasteiger charge is 2.38. The van der Waals surface area contributed by atoms with Gasteiger partial charge in [-0.25, -0.2) is 0 Å². The monoisotopic (exact) mass is 341 g/mol. The first kappa shape index (κ1) is 19.9. The number of hydrogen-bond acceptors (Lipinski definition) is 5. The van der Waals surface area contributed by atoms with Crippen LogP contribution in [0.2, 0.25) is 0 Å². The quantitative estimate of drug-likeness (QED) is 0.491. The molecule has 1 aromatic carbocycles. The van der Waals surface area contributed by atoms with Crippen LogP contribution in [0.25, 0.3) is 0 Å². The summed E-state index contributed by atoms with van der Waals surface area (Å²) in [7, 11) is 0.438. The summed E-state index contributed by atoms with van der Waals surface area (Å²) in [6, 6.07) is 7.62. The first-order valence-corrected chi connectivity index (χ1v) is 9.48. The Morgan fingerprint density at radius 1 is 1.04 bits per heavy atom. The lowest BCUT2D eigenvalue weighted by Crippen LogP contribution is -2.14. The van der Waals surface area contributed by atoms with E-state index in [1.54, 1.807) is 0 Å². The Balaban J connectivity index is 3.23. The molecular weight excluding hydrogens is 313 g/mol. The van der Waals surface area contributed by atoms with E-state index in [4.69, 9.17) is 9.05 Å². The third kappa shape index (κ3) is 5.76. The van der Waals surface area contributed by atoms with E-state index < -0.39 is 13.3 Å². The molecule has 0 saturated carbocycles. The van der Waals surface area contributed by atoms with E-state index in [1.165, 1.54) is 0 Å². The van der Waals surface area contributed by atoms with Crippen LogP contribution in [0.1, 0.15) is 45.3 Å². The van der Waals surface area contributed by atoms with Crippen LogP contribution in [0.3, 0.4) is 0 Å². The maximum Gasteiger partial charge on any atom is 0.339 e. The number of carbonyl (C=O) groups is 1. The fourth-order valence-electron chi connectivity index (χ4n) is 2.29. The minimum atomic E-state index is -3.46. The molecule has 6 heteroatoms. The molecule has 0 aliphatic carbocycles. The van der Waals surface area contributed by atoms with Crippen LogP contribution in [0.4, 0.5) is 5.69 Å². The van der Waals surface area contributed by atoms with Crippen molar-refractivity contribution in [2.45, 2.75) is 52.0 Å². The van der Waals surface area contributed by atoms with Gasteiger partial charge in [0, 0.05) is 26.2 Å². The van der Waals surface area contributed by atoms with E-state index in [2.05, 4.69) is 0 Å². The number of aldehydes is 1. The van der Waals surface area contributed by atoms with E-state index >= 15 is 0 Å². The van der Waals surface area contributed by atoms with E-state index in [0.717, 1.165) is 17.5 Å². The first-order chi connectivity index (χ1) is 10.7. The minimum Gasteiger partial charge on any atom is -0.378 e. The van der Waals surface area contributed by atoms with E-state index in [0.29, 0.717) is 0 Å². The van der Waals surface area contributed by atoms with Crippen molar-refractivity contribution in [2.24, 2.45) is 0 Å². The van der Waals surface area contributed by atoms with Crippen molar-refractivity contribution < 1.29 is 18.4 Å². The van der Waals surface area contributed by atoms with Crippen LogP contribution in [0, 0.1) is 0 Å². The molecule has 0 unspecified atom stereocenters. The first-order valence-electron chi connectivity index (χ1n) is 7.87. The molecule has 130 valence electrons. The minimum absolute atomic E-state index is 0.0953. The second-order valence-electron chi connectivity index (χ2n) is 6.25. The Morgan fingerprint density at radius 3 is 1.87 bits per heavy atom. The van der Waals surface area contributed by atoms with Gasteiger partial charge in [-0.15, -0.1) is 0 Å². The SMILES string of the molecule is CC(C)OP(=O)(OC(C)C)[C@@H](CC=O)c1ccc(N(C)C)cc1. The van der Waals surface area contributed by atoms with Crippen molar-refractivity contribution in [3.8, 4) is 0 Å². The van der Waals surface area contributed by atoms with Gasteiger partial charge >= 0.3 is 7.60 Å². The lowest BCUT2D eigenvalue weighted by atomic mass is 10.1. The van der Waals surface area contributed by atoms with Crippen LogP contribution in [-0.4, -0.2) is 32.6 Å². The summed E-state index contributed by atoms with van der Waals surface area (Å²) in [6.45, 7) is 7.24. The average Bonchev–Trinajstić information content (AvgIpc) is 2.42. The zero-order valence-corrected chi connectivity index (χ0v) is 15.7. The summed E-state index contributed by atoms with van der Waals surface area (Å²) in [5.41, 5.74) is 1.22. The molecule has 0 amide bonds. The van der Waals surface area contributed by atoms with Crippen molar-refractivity contribution in [3.63, 3.8) is 0 Å². The summed E-state index contributed by atoms with van der Waals surface area (Å²) in [4.78, 5) is 13.1. The molecule has 0 fully saturated rings. The molecule has 0 saturated heterocycles. The third-order valence-corrected chi connectivity index (χ3v) is 5.91. The van der Waals surface area contributed by atoms with Gasteiger partial charge in [-0.3, -0.25) is 4.57 Å². The highest BCUT2D eigenvalue weighted by atomic mass is 31.2. The van der Waals surface area contributed by atoms with Crippen LogP contribution < -0.4 is 4.90 Å². The standard InChI is InChI=1S/C17H28NO4P/c1-13(2)21-23(20,22-14(3)4)17(11-12-19)15-7-9-16(10-8-15)18(5)6/h7-10,12-14,17H,11H2,1-6H3/t17-/m0/s1. The summed E-state index contributed by atoms with van der Waals surface area (Å²) >= 11 is 0. The van der Waals surface area contributed by atoms with Crippen LogP contribution in [0.15, 0.2) is 24.3 Å². The molecule has 1 rings (SSSR count). The highest BCUT2D eigenvalue weighted by molar-refractivity contribution is 7.54. The van der Waals surface area contributed by atoms with Crippen molar-refractivity contribution in [3.05, 3.63) is 29.8 Å². The van der Waals surface area contributed by atoms with E-state index in [9.17, 15) is 9.36 Å². The molecule has 0 radical (unpaired) electrons. The van der Waals surface area contributed by atoms with Crippen LogP contribution in [0.5, 0.6) is 0 Å². The molecule has 23 heavy (non-hydrogen) atoms.